The number of rotatable bonds is 9. The second-order valence-corrected chi connectivity index (χ2v) is 11.0. The van der Waals surface area contributed by atoms with Gasteiger partial charge in [0.25, 0.3) is 0 Å². The molecule has 1 aliphatic heterocycles. The number of nitrogens with one attached hydrogen (secondary N) is 2. The highest BCUT2D eigenvalue weighted by molar-refractivity contribution is 5.88. The fourth-order valence-corrected chi connectivity index (χ4v) is 5.64. The predicted octanol–water partition coefficient (Wildman–Crippen LogP) is 3.01. The van der Waals surface area contributed by atoms with Crippen molar-refractivity contribution in [3.05, 3.63) is 60.2 Å². The third-order valence-electron chi connectivity index (χ3n) is 8.11. The fourth-order valence-electron chi connectivity index (χ4n) is 5.64. The minimum atomic E-state index is 0.0220. The van der Waals surface area contributed by atoms with Crippen LogP contribution in [0.2, 0.25) is 0 Å². The van der Waals surface area contributed by atoms with Gasteiger partial charge in [0.05, 0.1) is 42.6 Å². The van der Waals surface area contributed by atoms with Gasteiger partial charge in [-0.1, -0.05) is 0 Å². The molecule has 15 heteroatoms. The molecule has 5 aromatic heterocycles. The number of hydrogen-bond donors (Lipinski definition) is 2. The number of aromatic nitrogens is 9. The maximum atomic E-state index is 11.1. The van der Waals surface area contributed by atoms with E-state index >= 15 is 0 Å². The standard InChI is InChI=1S/C29H33N12O3/c1-39-21(16-33-29(39)38-42)17-41-18-34-26(37-41)19-13-23-24(32-15-19)14-25(40-9-11-43-12-10-40)36-27(23)44-22-5-3-20(4-6-22)35-28-30-7-2-8-31-28/h2,7-8,13-16,18,20,22H,3-6,9-12,17H2,1H3,(H2-,30,31,33,35,38,42)/q-1. The van der Waals surface area contributed by atoms with Gasteiger partial charge < -0.3 is 34.9 Å². The van der Waals surface area contributed by atoms with Crippen molar-refractivity contribution in [3.8, 4) is 17.3 Å². The molecule has 0 unspecified atom stereocenters. The highest BCUT2D eigenvalue weighted by Gasteiger charge is 2.25. The molecule has 0 aromatic carbocycles. The van der Waals surface area contributed by atoms with Crippen molar-refractivity contribution in [2.75, 3.05) is 42.0 Å². The molecule has 5 aromatic rings. The van der Waals surface area contributed by atoms with Crippen molar-refractivity contribution in [2.24, 2.45) is 7.05 Å². The molecule has 44 heavy (non-hydrogen) atoms. The first kappa shape index (κ1) is 27.9. The number of pyridine rings is 2. The third-order valence-corrected chi connectivity index (χ3v) is 8.11. The summed E-state index contributed by atoms with van der Waals surface area (Å²) in [7, 11) is 1.77. The molecule has 1 saturated heterocycles. The average Bonchev–Trinajstić information content (AvgIpc) is 3.69. The zero-order chi connectivity index (χ0) is 29.9. The zero-order valence-corrected chi connectivity index (χ0v) is 24.3. The van der Waals surface area contributed by atoms with Crippen molar-refractivity contribution in [2.45, 2.75) is 44.4 Å². The van der Waals surface area contributed by atoms with E-state index in [0.29, 0.717) is 43.5 Å². The zero-order valence-electron chi connectivity index (χ0n) is 24.3. The number of anilines is 3. The number of morpholine rings is 1. The highest BCUT2D eigenvalue weighted by Crippen LogP contribution is 2.33. The van der Waals surface area contributed by atoms with Crippen LogP contribution >= 0.6 is 0 Å². The maximum absolute atomic E-state index is 11.1. The van der Waals surface area contributed by atoms with Gasteiger partial charge in [-0.25, -0.2) is 24.6 Å². The van der Waals surface area contributed by atoms with Crippen molar-refractivity contribution >= 4 is 28.6 Å². The Balaban J connectivity index is 1.13. The van der Waals surface area contributed by atoms with E-state index in [1.165, 1.54) is 0 Å². The summed E-state index contributed by atoms with van der Waals surface area (Å²) in [5, 5.41) is 20.0. The fraction of sp³-hybridized carbons (Fsp3) is 0.414. The van der Waals surface area contributed by atoms with Crippen LogP contribution in [0.5, 0.6) is 5.88 Å². The van der Waals surface area contributed by atoms with Crippen molar-refractivity contribution < 1.29 is 9.47 Å². The largest absolute Gasteiger partial charge is 0.759 e. The Hall–Kier alpha value is -4.89. The normalized spacial score (nSPS) is 18.8. The summed E-state index contributed by atoms with van der Waals surface area (Å²) in [6, 6.07) is 6.11. The molecule has 0 radical (unpaired) electrons. The lowest BCUT2D eigenvalue weighted by atomic mass is 9.93. The Kier molecular flexibility index (Phi) is 7.85. The number of hydrogen-bond acceptors (Lipinski definition) is 13. The minimum absolute atomic E-state index is 0.0220. The van der Waals surface area contributed by atoms with Crippen molar-refractivity contribution in [1.29, 1.82) is 0 Å². The van der Waals surface area contributed by atoms with Gasteiger partial charge in [0, 0.05) is 56.4 Å². The van der Waals surface area contributed by atoms with Gasteiger partial charge >= 0.3 is 0 Å². The molecule has 2 fully saturated rings. The van der Waals surface area contributed by atoms with Gasteiger partial charge in [0.1, 0.15) is 18.2 Å². The lowest BCUT2D eigenvalue weighted by Gasteiger charge is -2.31. The molecule has 0 amide bonds. The van der Waals surface area contributed by atoms with Crippen LogP contribution in [0.1, 0.15) is 31.4 Å². The second-order valence-electron chi connectivity index (χ2n) is 11.0. The van der Waals surface area contributed by atoms with Crippen molar-refractivity contribution in [3.63, 3.8) is 0 Å². The molecule has 2 aliphatic rings. The van der Waals surface area contributed by atoms with E-state index < -0.39 is 0 Å². The van der Waals surface area contributed by atoms with Crippen LogP contribution < -0.4 is 20.4 Å². The van der Waals surface area contributed by atoms with E-state index in [2.05, 4.69) is 35.3 Å². The molecule has 6 heterocycles. The van der Waals surface area contributed by atoms with Gasteiger partial charge in [-0.05, 0) is 37.8 Å². The summed E-state index contributed by atoms with van der Waals surface area (Å²) in [6.45, 7) is 3.25. The monoisotopic (exact) mass is 597 g/mol. The van der Waals surface area contributed by atoms with E-state index in [1.54, 1.807) is 47.4 Å². The molecule has 15 nitrogen and oxygen atoms in total. The molecule has 228 valence electrons. The smallest absolute Gasteiger partial charge is 0.225 e. The van der Waals surface area contributed by atoms with Crippen LogP contribution in [-0.4, -0.2) is 82.7 Å². The quantitative estimate of drug-likeness (QED) is 0.238. The Morgan fingerprint density at radius 1 is 1.00 bits per heavy atom. The summed E-state index contributed by atoms with van der Waals surface area (Å²) >= 11 is 0. The molecule has 7 rings (SSSR count). The summed E-state index contributed by atoms with van der Waals surface area (Å²) in [4.78, 5) is 29.2. The van der Waals surface area contributed by atoms with Gasteiger partial charge in [-0.15, -0.1) is 0 Å². The number of fused-ring (bicyclic) bond motifs is 1. The van der Waals surface area contributed by atoms with Gasteiger partial charge in [0.15, 0.2) is 11.8 Å². The van der Waals surface area contributed by atoms with E-state index in [9.17, 15) is 5.21 Å². The molecular formula is C29H33N12O3-. The van der Waals surface area contributed by atoms with Crippen LogP contribution in [0, 0.1) is 5.21 Å². The molecule has 0 atom stereocenters. The SMILES string of the molecule is Cn1c(Cn2cnc(-c3cnc4cc(N5CCOCC5)nc(OC5CCC(Nc6ncccn6)CC5)c4c3)n2)cnc1N[O-]. The van der Waals surface area contributed by atoms with Crippen LogP contribution in [-0.2, 0) is 18.3 Å². The molecule has 2 N–H and O–H groups in total. The van der Waals surface area contributed by atoms with Crippen LogP contribution in [0.25, 0.3) is 22.3 Å². The first-order valence-electron chi connectivity index (χ1n) is 14.8. The second kappa shape index (κ2) is 12.4. The number of imidazole rings is 1. The summed E-state index contributed by atoms with van der Waals surface area (Å²) in [5.41, 5.74) is 4.20. The van der Waals surface area contributed by atoms with E-state index in [-0.39, 0.29) is 12.1 Å². The topological polar surface area (TPSA) is 169 Å². The molecule has 0 bridgehead atoms. The van der Waals surface area contributed by atoms with E-state index in [0.717, 1.165) is 66.8 Å². The van der Waals surface area contributed by atoms with Crippen molar-refractivity contribution in [1.82, 2.24) is 44.3 Å². The van der Waals surface area contributed by atoms with Crippen LogP contribution in [0.4, 0.5) is 17.7 Å². The Morgan fingerprint density at radius 3 is 2.59 bits per heavy atom. The first-order valence-corrected chi connectivity index (χ1v) is 14.8. The van der Waals surface area contributed by atoms with Crippen LogP contribution in [0.15, 0.2) is 49.3 Å². The first-order chi connectivity index (χ1) is 21.6. The third kappa shape index (κ3) is 5.96. The summed E-state index contributed by atoms with van der Waals surface area (Å²) in [5.74, 6) is 2.82. The summed E-state index contributed by atoms with van der Waals surface area (Å²) < 4.78 is 15.6. The Labute approximate surface area is 253 Å². The van der Waals surface area contributed by atoms with Gasteiger partial charge in [-0.2, -0.15) is 10.1 Å². The average molecular weight is 598 g/mol. The lowest BCUT2D eigenvalue weighted by molar-refractivity contribution is 0.122. The summed E-state index contributed by atoms with van der Waals surface area (Å²) in [6.07, 6.45) is 12.2. The molecule has 0 spiro atoms. The molecule has 1 aliphatic carbocycles. The predicted molar refractivity (Wildman–Crippen MR) is 163 cm³/mol. The highest BCUT2D eigenvalue weighted by atomic mass is 16.5. The van der Waals surface area contributed by atoms with E-state index in [1.807, 2.05) is 23.7 Å². The van der Waals surface area contributed by atoms with E-state index in [4.69, 9.17) is 19.4 Å². The maximum Gasteiger partial charge on any atom is 0.225 e. The van der Waals surface area contributed by atoms with Gasteiger partial charge in [0.2, 0.25) is 11.8 Å². The number of nitrogens with zero attached hydrogens (tertiary/aromatic N) is 10. The Bertz CT molecular complexity index is 1710. The number of ether oxygens (including phenoxy) is 2. The van der Waals surface area contributed by atoms with Gasteiger partial charge in [-0.3, -0.25) is 4.98 Å². The Morgan fingerprint density at radius 2 is 1.82 bits per heavy atom. The molecular weight excluding hydrogens is 564 g/mol. The minimum Gasteiger partial charge on any atom is -0.759 e. The van der Waals surface area contributed by atoms with Crippen LogP contribution in [0.3, 0.4) is 0 Å². The lowest BCUT2D eigenvalue weighted by Crippen LogP contribution is -2.37. The molecule has 1 saturated carbocycles.